The van der Waals surface area contributed by atoms with Crippen LogP contribution < -0.4 is 10.2 Å². The van der Waals surface area contributed by atoms with E-state index in [1.54, 1.807) is 6.20 Å². The molecule has 5 heteroatoms. The smallest absolute Gasteiger partial charge is 0.252 e. The van der Waals surface area contributed by atoms with Crippen molar-refractivity contribution in [1.29, 1.82) is 0 Å². The summed E-state index contributed by atoms with van der Waals surface area (Å²) in [7, 11) is 0. The van der Waals surface area contributed by atoms with Crippen molar-refractivity contribution in [2.45, 2.75) is 13.0 Å². The maximum atomic E-state index is 4.72. The summed E-state index contributed by atoms with van der Waals surface area (Å²) in [6.07, 6.45) is 2.59. The van der Waals surface area contributed by atoms with Gasteiger partial charge < -0.3 is 10.2 Å². The largest absolute Gasteiger partial charge is 0.368 e. The van der Waals surface area contributed by atoms with Crippen molar-refractivity contribution in [3.05, 3.63) is 108 Å². The number of rotatable bonds is 8. The minimum absolute atomic E-state index is 0.574. The Morgan fingerprint density at radius 2 is 1.34 bits per heavy atom. The first-order valence-electron chi connectivity index (χ1n) is 9.72. The molecule has 1 heterocycles. The van der Waals surface area contributed by atoms with E-state index in [2.05, 4.69) is 68.9 Å². The highest BCUT2D eigenvalue weighted by Gasteiger charge is 2.14. The van der Waals surface area contributed by atoms with Crippen LogP contribution in [0.25, 0.3) is 0 Å². The lowest BCUT2D eigenvalue weighted by atomic mass is 10.1. The molecule has 29 heavy (non-hydrogen) atoms. The van der Waals surface area contributed by atoms with Gasteiger partial charge in [-0.2, -0.15) is 10.1 Å². The molecule has 0 saturated carbocycles. The topological polar surface area (TPSA) is 53.9 Å². The van der Waals surface area contributed by atoms with Gasteiger partial charge in [-0.1, -0.05) is 78.9 Å². The van der Waals surface area contributed by atoms with Crippen LogP contribution in [-0.4, -0.2) is 21.7 Å². The first-order valence-corrected chi connectivity index (χ1v) is 9.72. The molecule has 0 atom stereocenters. The van der Waals surface area contributed by atoms with E-state index in [1.165, 1.54) is 11.1 Å². The minimum atomic E-state index is 0.574. The Kier molecular flexibility index (Phi) is 6.08. The second-order valence-electron chi connectivity index (χ2n) is 6.71. The monoisotopic (exact) mass is 381 g/mol. The Morgan fingerprint density at radius 1 is 0.724 bits per heavy atom. The van der Waals surface area contributed by atoms with Gasteiger partial charge in [0.15, 0.2) is 5.82 Å². The molecule has 144 valence electrons. The average Bonchev–Trinajstić information content (AvgIpc) is 2.80. The molecule has 0 unspecified atom stereocenters. The van der Waals surface area contributed by atoms with Crippen LogP contribution in [0.1, 0.15) is 11.1 Å². The van der Waals surface area contributed by atoms with Crippen molar-refractivity contribution in [3.63, 3.8) is 0 Å². The Morgan fingerprint density at radius 3 is 2.03 bits per heavy atom. The quantitative estimate of drug-likeness (QED) is 0.472. The number of hydrogen-bond donors (Lipinski definition) is 1. The van der Waals surface area contributed by atoms with Gasteiger partial charge in [0.2, 0.25) is 0 Å². The van der Waals surface area contributed by atoms with Crippen LogP contribution in [0.15, 0.2) is 97.2 Å². The predicted octanol–water partition coefficient (Wildman–Crippen LogP) is 4.86. The molecule has 0 aliphatic heterocycles. The Bertz CT molecular complexity index is 1010. The first-order chi connectivity index (χ1) is 14.4. The summed E-state index contributed by atoms with van der Waals surface area (Å²) >= 11 is 0. The van der Waals surface area contributed by atoms with Gasteiger partial charge in [0.05, 0.1) is 12.7 Å². The van der Waals surface area contributed by atoms with Crippen LogP contribution in [0.4, 0.5) is 17.5 Å². The zero-order valence-electron chi connectivity index (χ0n) is 16.1. The number of aromatic nitrogens is 3. The third-order valence-corrected chi connectivity index (χ3v) is 4.60. The summed E-state index contributed by atoms with van der Waals surface area (Å²) in [4.78, 5) is 6.79. The normalized spacial score (nSPS) is 10.5. The Balaban J connectivity index is 1.52. The summed E-state index contributed by atoms with van der Waals surface area (Å²) in [6.45, 7) is 1.45. The van der Waals surface area contributed by atoms with Crippen molar-refractivity contribution >= 4 is 17.5 Å². The molecule has 0 bridgehead atoms. The van der Waals surface area contributed by atoms with Gasteiger partial charge in [-0.05, 0) is 29.7 Å². The van der Waals surface area contributed by atoms with Crippen LogP contribution in [0.5, 0.6) is 0 Å². The van der Waals surface area contributed by atoms with Crippen molar-refractivity contribution < 1.29 is 0 Å². The summed E-state index contributed by atoms with van der Waals surface area (Å²) in [6, 6.07) is 30.9. The third-order valence-electron chi connectivity index (χ3n) is 4.60. The molecule has 0 fully saturated rings. The molecule has 1 aromatic heterocycles. The van der Waals surface area contributed by atoms with Crippen molar-refractivity contribution in [2.24, 2.45) is 0 Å². The maximum absolute atomic E-state index is 4.72. The van der Waals surface area contributed by atoms with E-state index in [1.807, 2.05) is 42.5 Å². The lowest BCUT2D eigenvalue weighted by Crippen LogP contribution is -2.20. The lowest BCUT2D eigenvalue weighted by Gasteiger charge is -2.22. The predicted molar refractivity (Wildman–Crippen MR) is 117 cm³/mol. The summed E-state index contributed by atoms with van der Waals surface area (Å²) < 4.78 is 0. The van der Waals surface area contributed by atoms with Crippen LogP contribution in [0, 0.1) is 0 Å². The van der Waals surface area contributed by atoms with Crippen LogP contribution in [0.3, 0.4) is 0 Å². The third kappa shape index (κ3) is 5.17. The van der Waals surface area contributed by atoms with Gasteiger partial charge >= 0.3 is 0 Å². The number of para-hydroxylation sites is 1. The summed E-state index contributed by atoms with van der Waals surface area (Å²) in [5.41, 5.74) is 3.50. The van der Waals surface area contributed by atoms with Crippen LogP contribution in [-0.2, 0) is 13.0 Å². The highest BCUT2D eigenvalue weighted by Crippen LogP contribution is 2.24. The van der Waals surface area contributed by atoms with Crippen LogP contribution >= 0.6 is 0 Å². The maximum Gasteiger partial charge on any atom is 0.252 e. The van der Waals surface area contributed by atoms with Gasteiger partial charge in [0.1, 0.15) is 0 Å². The fourth-order valence-electron chi connectivity index (χ4n) is 3.12. The van der Waals surface area contributed by atoms with Crippen molar-refractivity contribution in [2.75, 3.05) is 16.8 Å². The van der Waals surface area contributed by atoms with E-state index >= 15 is 0 Å². The highest BCUT2D eigenvalue weighted by atomic mass is 15.3. The van der Waals surface area contributed by atoms with Gasteiger partial charge in [-0.3, -0.25) is 0 Å². The summed E-state index contributed by atoms with van der Waals surface area (Å²) in [5, 5.41) is 11.8. The van der Waals surface area contributed by atoms with Crippen molar-refractivity contribution in [3.8, 4) is 0 Å². The van der Waals surface area contributed by atoms with E-state index < -0.39 is 0 Å². The molecule has 0 saturated heterocycles. The molecule has 1 N–H and O–H groups in total. The lowest BCUT2D eigenvalue weighted by molar-refractivity contribution is 0.859. The van der Waals surface area contributed by atoms with Gasteiger partial charge in [0, 0.05) is 12.2 Å². The zero-order valence-corrected chi connectivity index (χ0v) is 16.1. The van der Waals surface area contributed by atoms with Gasteiger partial charge in [0.25, 0.3) is 5.95 Å². The molecule has 0 aliphatic rings. The zero-order chi connectivity index (χ0) is 19.7. The first kappa shape index (κ1) is 18.6. The highest BCUT2D eigenvalue weighted by molar-refractivity contribution is 5.58. The van der Waals surface area contributed by atoms with Crippen LogP contribution in [0.2, 0.25) is 0 Å². The molecule has 0 spiro atoms. The minimum Gasteiger partial charge on any atom is -0.368 e. The van der Waals surface area contributed by atoms with E-state index in [0.29, 0.717) is 12.5 Å². The number of benzene rings is 3. The number of hydrogen-bond acceptors (Lipinski definition) is 5. The average molecular weight is 381 g/mol. The van der Waals surface area contributed by atoms with E-state index in [9.17, 15) is 0 Å². The SMILES string of the molecule is c1ccc(CCNc2cnnc(N(Cc3ccccc3)c3ccccc3)n2)cc1. The molecular weight excluding hydrogens is 358 g/mol. The molecule has 0 amide bonds. The standard InChI is InChI=1S/C24H23N5/c1-4-10-20(11-5-1)16-17-25-23-18-26-28-24(27-23)29(22-14-8-3-9-15-22)19-21-12-6-2-7-13-21/h1-15,18H,16-17,19H2,(H,25,27,28). The molecule has 0 aliphatic carbocycles. The van der Waals surface area contributed by atoms with Gasteiger partial charge in [-0.15, -0.1) is 5.10 Å². The Hall–Kier alpha value is -3.73. The fraction of sp³-hybridized carbons (Fsp3) is 0.125. The van der Waals surface area contributed by atoms with E-state index in [0.717, 1.165) is 24.5 Å². The number of nitrogens with one attached hydrogen (secondary N) is 1. The molecule has 3 aromatic carbocycles. The second-order valence-corrected chi connectivity index (χ2v) is 6.71. The molecule has 0 radical (unpaired) electrons. The fourth-order valence-corrected chi connectivity index (χ4v) is 3.12. The van der Waals surface area contributed by atoms with Gasteiger partial charge in [-0.25, -0.2) is 0 Å². The Labute approximate surface area is 171 Å². The van der Waals surface area contributed by atoms with Crippen molar-refractivity contribution in [1.82, 2.24) is 15.2 Å². The molecular formula is C24H23N5. The molecule has 4 aromatic rings. The number of nitrogens with zero attached hydrogens (tertiary/aromatic N) is 4. The second kappa shape index (κ2) is 9.46. The van der Waals surface area contributed by atoms with E-state index in [-0.39, 0.29) is 0 Å². The molecule has 5 nitrogen and oxygen atoms in total. The van der Waals surface area contributed by atoms with E-state index in [4.69, 9.17) is 4.98 Å². The number of anilines is 3. The molecule has 4 rings (SSSR count). The summed E-state index contributed by atoms with van der Waals surface area (Å²) in [5.74, 6) is 1.30.